The molecule has 0 aliphatic heterocycles. The molecule has 1 rings (SSSR count). The molecule has 0 aromatic carbocycles. The van der Waals surface area contributed by atoms with Crippen LogP contribution >= 0.6 is 0 Å². The van der Waals surface area contributed by atoms with E-state index in [0.717, 1.165) is 25.7 Å². The summed E-state index contributed by atoms with van der Waals surface area (Å²) in [5.74, 6) is -0.110. The van der Waals surface area contributed by atoms with E-state index in [-0.39, 0.29) is 18.4 Å². The van der Waals surface area contributed by atoms with E-state index >= 15 is 0 Å². The van der Waals surface area contributed by atoms with Crippen LogP contribution in [0.5, 0.6) is 0 Å². The third-order valence-corrected chi connectivity index (χ3v) is 3.41. The van der Waals surface area contributed by atoms with Crippen molar-refractivity contribution in [3.05, 3.63) is 0 Å². The molecule has 0 spiro atoms. The predicted octanol–water partition coefficient (Wildman–Crippen LogP) is 0.162. The fraction of sp³-hybridized carbons (Fsp3) is 0.917. The highest BCUT2D eigenvalue weighted by molar-refractivity contribution is 5.76. The topological polar surface area (TPSA) is 84.6 Å². The molecule has 1 fully saturated rings. The van der Waals surface area contributed by atoms with E-state index in [0.29, 0.717) is 13.1 Å². The lowest BCUT2D eigenvalue weighted by molar-refractivity contribution is -0.125. The van der Waals surface area contributed by atoms with Crippen molar-refractivity contribution in [2.24, 2.45) is 5.73 Å². The Morgan fingerprint density at radius 3 is 2.65 bits per heavy atom. The Hall–Kier alpha value is -0.650. The standard InChI is InChI=1S/C12H24N2O3/c1-17-10(8-13)7-11(15)14-9-12(16)5-3-2-4-6-12/h10,16H,2-9,13H2,1H3,(H,14,15). The number of methoxy groups -OCH3 is 1. The maximum absolute atomic E-state index is 11.6. The van der Waals surface area contributed by atoms with Gasteiger partial charge in [-0.1, -0.05) is 19.3 Å². The van der Waals surface area contributed by atoms with E-state index in [4.69, 9.17) is 10.5 Å². The molecule has 0 aromatic heterocycles. The van der Waals surface area contributed by atoms with Crippen molar-refractivity contribution in [2.75, 3.05) is 20.2 Å². The van der Waals surface area contributed by atoms with Crippen LogP contribution in [-0.4, -0.2) is 42.9 Å². The SMILES string of the molecule is COC(CN)CC(=O)NCC1(O)CCCCC1. The fourth-order valence-electron chi connectivity index (χ4n) is 2.19. The average molecular weight is 244 g/mol. The van der Waals surface area contributed by atoms with Gasteiger partial charge < -0.3 is 20.9 Å². The Kier molecular flexibility index (Phi) is 5.88. The molecule has 5 heteroatoms. The second-order valence-electron chi connectivity index (χ2n) is 4.86. The summed E-state index contributed by atoms with van der Waals surface area (Å²) in [6.45, 7) is 0.668. The number of amides is 1. The number of aliphatic hydroxyl groups is 1. The van der Waals surface area contributed by atoms with Crippen LogP contribution in [0.3, 0.4) is 0 Å². The van der Waals surface area contributed by atoms with Gasteiger partial charge in [0, 0.05) is 20.2 Å². The van der Waals surface area contributed by atoms with Crippen molar-refractivity contribution in [1.82, 2.24) is 5.32 Å². The number of nitrogens with two attached hydrogens (primary N) is 1. The second-order valence-corrected chi connectivity index (χ2v) is 4.86. The number of hydrogen-bond donors (Lipinski definition) is 3. The van der Waals surface area contributed by atoms with Crippen molar-refractivity contribution in [3.8, 4) is 0 Å². The molecular weight excluding hydrogens is 220 g/mol. The number of ether oxygens (including phenoxy) is 1. The van der Waals surface area contributed by atoms with Gasteiger partial charge in [-0.25, -0.2) is 0 Å². The Morgan fingerprint density at radius 2 is 2.12 bits per heavy atom. The molecule has 4 N–H and O–H groups in total. The molecule has 1 amide bonds. The molecule has 17 heavy (non-hydrogen) atoms. The zero-order valence-corrected chi connectivity index (χ0v) is 10.6. The third-order valence-electron chi connectivity index (χ3n) is 3.41. The van der Waals surface area contributed by atoms with Crippen molar-refractivity contribution >= 4 is 5.91 Å². The lowest BCUT2D eigenvalue weighted by Crippen LogP contribution is -2.45. The van der Waals surface area contributed by atoms with Gasteiger partial charge in [0.15, 0.2) is 0 Å². The summed E-state index contributed by atoms with van der Waals surface area (Å²) >= 11 is 0. The van der Waals surface area contributed by atoms with Gasteiger partial charge in [-0.2, -0.15) is 0 Å². The van der Waals surface area contributed by atoms with Gasteiger partial charge in [-0.05, 0) is 12.8 Å². The molecule has 0 heterocycles. The Labute approximate surface area is 103 Å². The summed E-state index contributed by atoms with van der Waals surface area (Å²) < 4.78 is 5.04. The van der Waals surface area contributed by atoms with E-state index in [2.05, 4.69) is 5.32 Å². The summed E-state index contributed by atoms with van der Waals surface area (Å²) in [5.41, 5.74) is 4.73. The predicted molar refractivity (Wildman–Crippen MR) is 65.5 cm³/mol. The van der Waals surface area contributed by atoms with Gasteiger partial charge in [0.25, 0.3) is 0 Å². The van der Waals surface area contributed by atoms with Gasteiger partial charge >= 0.3 is 0 Å². The molecule has 1 aliphatic carbocycles. The summed E-state index contributed by atoms with van der Waals surface area (Å²) in [7, 11) is 1.54. The average Bonchev–Trinajstić information content (AvgIpc) is 2.34. The Bertz CT molecular complexity index is 236. The highest BCUT2D eigenvalue weighted by atomic mass is 16.5. The molecule has 1 saturated carbocycles. The lowest BCUT2D eigenvalue weighted by atomic mass is 9.85. The first kappa shape index (κ1) is 14.4. The molecule has 5 nitrogen and oxygen atoms in total. The van der Waals surface area contributed by atoms with Crippen LogP contribution in [0.1, 0.15) is 38.5 Å². The van der Waals surface area contributed by atoms with Gasteiger partial charge in [0.05, 0.1) is 18.1 Å². The largest absolute Gasteiger partial charge is 0.388 e. The maximum atomic E-state index is 11.6. The minimum atomic E-state index is -0.709. The number of carbonyl (C=O) groups is 1. The maximum Gasteiger partial charge on any atom is 0.222 e. The van der Waals surface area contributed by atoms with Crippen LogP contribution < -0.4 is 11.1 Å². The molecule has 0 bridgehead atoms. The minimum absolute atomic E-state index is 0.110. The summed E-state index contributed by atoms with van der Waals surface area (Å²) in [5, 5.41) is 13.0. The minimum Gasteiger partial charge on any atom is -0.388 e. The van der Waals surface area contributed by atoms with Crippen molar-refractivity contribution < 1.29 is 14.6 Å². The van der Waals surface area contributed by atoms with E-state index < -0.39 is 5.60 Å². The summed E-state index contributed by atoms with van der Waals surface area (Å²) in [6.07, 6.45) is 4.82. The Morgan fingerprint density at radius 1 is 1.47 bits per heavy atom. The molecule has 0 saturated heterocycles. The van der Waals surface area contributed by atoms with Gasteiger partial charge in [0.1, 0.15) is 0 Å². The third kappa shape index (κ3) is 5.02. The quantitative estimate of drug-likeness (QED) is 0.621. The lowest BCUT2D eigenvalue weighted by Gasteiger charge is -2.32. The molecule has 1 atom stereocenters. The molecule has 1 unspecified atom stereocenters. The first-order chi connectivity index (χ1) is 8.09. The number of rotatable bonds is 6. The second kappa shape index (κ2) is 6.93. The fourth-order valence-corrected chi connectivity index (χ4v) is 2.19. The monoisotopic (exact) mass is 244 g/mol. The zero-order valence-electron chi connectivity index (χ0n) is 10.6. The van der Waals surface area contributed by atoms with Gasteiger partial charge in [-0.3, -0.25) is 4.79 Å². The van der Waals surface area contributed by atoms with E-state index in [1.54, 1.807) is 7.11 Å². The van der Waals surface area contributed by atoms with Crippen LogP contribution in [0.2, 0.25) is 0 Å². The van der Waals surface area contributed by atoms with Crippen LogP contribution in [-0.2, 0) is 9.53 Å². The van der Waals surface area contributed by atoms with Crippen LogP contribution in [0, 0.1) is 0 Å². The number of hydrogen-bond acceptors (Lipinski definition) is 4. The molecule has 100 valence electrons. The van der Waals surface area contributed by atoms with E-state index in [9.17, 15) is 9.90 Å². The summed E-state index contributed by atoms with van der Waals surface area (Å²) in [4.78, 5) is 11.6. The van der Waals surface area contributed by atoms with Crippen molar-refractivity contribution in [2.45, 2.75) is 50.2 Å². The van der Waals surface area contributed by atoms with Crippen LogP contribution in [0.25, 0.3) is 0 Å². The Balaban J connectivity index is 2.27. The van der Waals surface area contributed by atoms with Gasteiger partial charge in [-0.15, -0.1) is 0 Å². The number of carbonyl (C=O) groups excluding carboxylic acids is 1. The summed E-state index contributed by atoms with van der Waals surface area (Å²) in [6, 6.07) is 0. The first-order valence-electron chi connectivity index (χ1n) is 6.31. The van der Waals surface area contributed by atoms with E-state index in [1.165, 1.54) is 6.42 Å². The number of nitrogens with one attached hydrogen (secondary N) is 1. The smallest absolute Gasteiger partial charge is 0.222 e. The normalized spacial score (nSPS) is 20.9. The molecule has 0 radical (unpaired) electrons. The molecule has 0 aromatic rings. The van der Waals surface area contributed by atoms with Crippen molar-refractivity contribution in [3.63, 3.8) is 0 Å². The highest BCUT2D eigenvalue weighted by Gasteiger charge is 2.29. The van der Waals surface area contributed by atoms with Crippen molar-refractivity contribution in [1.29, 1.82) is 0 Å². The van der Waals surface area contributed by atoms with E-state index in [1.807, 2.05) is 0 Å². The first-order valence-corrected chi connectivity index (χ1v) is 6.31. The van der Waals surface area contributed by atoms with Crippen LogP contribution in [0.15, 0.2) is 0 Å². The highest BCUT2D eigenvalue weighted by Crippen LogP contribution is 2.27. The van der Waals surface area contributed by atoms with Gasteiger partial charge in [0.2, 0.25) is 5.91 Å². The van der Waals surface area contributed by atoms with Crippen LogP contribution in [0.4, 0.5) is 0 Å². The molecular formula is C12H24N2O3. The molecule has 1 aliphatic rings. The zero-order chi connectivity index (χ0) is 12.7.